The van der Waals surface area contributed by atoms with E-state index in [1.165, 1.54) is 6.29 Å². The van der Waals surface area contributed by atoms with Gasteiger partial charge in [-0.2, -0.15) is 0 Å². The number of rotatable bonds is 3. The Morgan fingerprint density at radius 1 is 0.867 bits per heavy atom. The fourth-order valence-electron chi connectivity index (χ4n) is 0.813. The van der Waals surface area contributed by atoms with Crippen molar-refractivity contribution in [3.8, 4) is 0 Å². The smallest absolute Gasteiger partial charge is 0.209 e. The van der Waals surface area contributed by atoms with E-state index < -0.39 is 39.7 Å². The number of hydrogen-bond acceptors (Lipinski definition) is 2. The molecule has 1 rings (SSSR count). The van der Waals surface area contributed by atoms with Crippen LogP contribution in [0.15, 0.2) is 4.90 Å². The second kappa shape index (κ2) is 4.61. The summed E-state index contributed by atoms with van der Waals surface area (Å²) in [6.45, 7) is 0. The highest BCUT2D eigenvalue weighted by atomic mass is 32.2. The maximum atomic E-state index is 12.9. The Kier molecular flexibility index (Phi) is 3.67. The number of thioether (sulfide) groups is 1. The van der Waals surface area contributed by atoms with Crippen molar-refractivity contribution in [2.75, 3.05) is 5.75 Å². The zero-order chi connectivity index (χ0) is 11.6. The van der Waals surface area contributed by atoms with Gasteiger partial charge in [0.25, 0.3) is 0 Å². The molecule has 0 aliphatic rings. The summed E-state index contributed by atoms with van der Waals surface area (Å²) in [6.07, 6.45) is 1.27. The molecule has 0 spiro atoms. The van der Waals surface area contributed by atoms with Crippen molar-refractivity contribution in [3.05, 3.63) is 29.1 Å². The zero-order valence-corrected chi connectivity index (χ0v) is 7.73. The van der Waals surface area contributed by atoms with Crippen molar-refractivity contribution < 1.29 is 26.7 Å². The minimum Gasteiger partial charge on any atom is -0.290 e. The number of halogens is 5. The second-order valence-electron chi connectivity index (χ2n) is 2.33. The van der Waals surface area contributed by atoms with Crippen LogP contribution in [0.4, 0.5) is 22.0 Å². The molecule has 0 bridgehead atoms. The summed E-state index contributed by atoms with van der Waals surface area (Å²) in [6, 6.07) is 0. The SMILES string of the molecule is O=[C]CSc1c(F)c(F)c(F)c(F)c1F. The molecule has 1 aromatic rings. The molecule has 0 fully saturated rings. The molecule has 1 nitrogen and oxygen atoms in total. The maximum absolute atomic E-state index is 12.9. The van der Waals surface area contributed by atoms with E-state index in [4.69, 9.17) is 0 Å². The maximum Gasteiger partial charge on any atom is 0.209 e. The van der Waals surface area contributed by atoms with E-state index in [0.717, 1.165) is 0 Å². The third kappa shape index (κ3) is 2.11. The molecule has 15 heavy (non-hydrogen) atoms. The Labute approximate surface area is 85.3 Å². The van der Waals surface area contributed by atoms with Crippen molar-refractivity contribution in [2.45, 2.75) is 4.90 Å². The van der Waals surface area contributed by atoms with Crippen LogP contribution >= 0.6 is 11.8 Å². The molecule has 1 radical (unpaired) electrons. The lowest BCUT2D eigenvalue weighted by atomic mass is 10.3. The molecule has 0 aromatic heterocycles. The van der Waals surface area contributed by atoms with Gasteiger partial charge in [-0.15, -0.1) is 11.8 Å². The fraction of sp³-hybridized carbons (Fsp3) is 0.125. The van der Waals surface area contributed by atoms with Gasteiger partial charge in [-0.3, -0.25) is 4.79 Å². The van der Waals surface area contributed by atoms with Crippen LogP contribution in [0.5, 0.6) is 0 Å². The van der Waals surface area contributed by atoms with E-state index in [9.17, 15) is 26.7 Å². The van der Waals surface area contributed by atoms with Crippen LogP contribution in [0, 0.1) is 29.1 Å². The third-order valence-corrected chi connectivity index (χ3v) is 2.35. The Hall–Kier alpha value is -1.11. The van der Waals surface area contributed by atoms with Crippen LogP contribution in [0.25, 0.3) is 0 Å². The summed E-state index contributed by atoms with van der Waals surface area (Å²) >= 11 is 0.190. The molecular weight excluding hydrogens is 239 g/mol. The van der Waals surface area contributed by atoms with E-state index in [2.05, 4.69) is 0 Å². The molecule has 0 aliphatic carbocycles. The Balaban J connectivity index is 3.31. The number of benzene rings is 1. The highest BCUT2D eigenvalue weighted by molar-refractivity contribution is 7.99. The van der Waals surface area contributed by atoms with Crippen molar-refractivity contribution in [3.63, 3.8) is 0 Å². The molecule has 0 saturated carbocycles. The van der Waals surface area contributed by atoms with Crippen molar-refractivity contribution in [2.24, 2.45) is 0 Å². The predicted molar refractivity (Wildman–Crippen MR) is 42.6 cm³/mol. The van der Waals surface area contributed by atoms with Gasteiger partial charge in [-0.25, -0.2) is 22.0 Å². The van der Waals surface area contributed by atoms with E-state index >= 15 is 0 Å². The zero-order valence-electron chi connectivity index (χ0n) is 6.91. The monoisotopic (exact) mass is 241 g/mol. The van der Waals surface area contributed by atoms with Crippen molar-refractivity contribution in [1.29, 1.82) is 0 Å². The predicted octanol–water partition coefficient (Wildman–Crippen LogP) is 2.58. The van der Waals surface area contributed by atoms with E-state index in [1.807, 2.05) is 0 Å². The third-order valence-electron chi connectivity index (χ3n) is 1.44. The molecular formula is C8H2F5OS. The minimum absolute atomic E-state index is 0.190. The first-order chi connectivity index (χ1) is 7.00. The lowest BCUT2D eigenvalue weighted by Gasteiger charge is -2.05. The van der Waals surface area contributed by atoms with Gasteiger partial charge in [-0.05, 0) is 0 Å². The fourth-order valence-corrected chi connectivity index (χ4v) is 1.45. The van der Waals surface area contributed by atoms with Crippen molar-refractivity contribution >= 4 is 18.0 Å². The van der Waals surface area contributed by atoms with Gasteiger partial charge in [0.05, 0.1) is 10.6 Å². The normalized spacial score (nSPS) is 10.5. The number of carbonyl (C=O) groups excluding carboxylic acids is 1. The Morgan fingerprint density at radius 2 is 1.27 bits per heavy atom. The molecule has 0 heterocycles. The largest absolute Gasteiger partial charge is 0.290 e. The molecule has 0 aliphatic heterocycles. The average Bonchev–Trinajstić information content (AvgIpc) is 2.24. The molecule has 0 atom stereocenters. The summed E-state index contributed by atoms with van der Waals surface area (Å²) in [5.41, 5.74) is 0. The van der Waals surface area contributed by atoms with E-state index in [1.54, 1.807) is 0 Å². The molecule has 81 valence electrons. The Morgan fingerprint density at radius 3 is 1.67 bits per heavy atom. The van der Waals surface area contributed by atoms with Gasteiger partial charge >= 0.3 is 0 Å². The lowest BCUT2D eigenvalue weighted by molar-refractivity contribution is 0.361. The minimum atomic E-state index is -2.22. The summed E-state index contributed by atoms with van der Waals surface area (Å²) < 4.78 is 63.3. The van der Waals surface area contributed by atoms with Gasteiger partial charge in [0.1, 0.15) is 0 Å². The molecule has 1 aromatic carbocycles. The standard InChI is InChI=1S/C8H2F5OS/c9-3-4(10)6(12)8(15-2-1-14)7(13)5(3)11/h2H2. The summed E-state index contributed by atoms with van der Waals surface area (Å²) in [5, 5.41) is 0. The van der Waals surface area contributed by atoms with Crippen LogP contribution in [0.1, 0.15) is 0 Å². The first-order valence-electron chi connectivity index (χ1n) is 3.50. The molecule has 7 heteroatoms. The molecule has 0 unspecified atom stereocenters. The van der Waals surface area contributed by atoms with Gasteiger partial charge in [0, 0.05) is 0 Å². The molecule has 0 N–H and O–H groups in total. The van der Waals surface area contributed by atoms with Crippen LogP contribution in [0.3, 0.4) is 0 Å². The van der Waals surface area contributed by atoms with Crippen LogP contribution < -0.4 is 0 Å². The van der Waals surface area contributed by atoms with E-state index in [-0.39, 0.29) is 11.8 Å². The summed E-state index contributed by atoms with van der Waals surface area (Å²) in [4.78, 5) is 8.71. The molecule has 0 amide bonds. The van der Waals surface area contributed by atoms with Gasteiger partial charge in [0.2, 0.25) is 12.1 Å². The number of hydrogen-bond donors (Lipinski definition) is 0. The van der Waals surface area contributed by atoms with Crippen LogP contribution in [-0.2, 0) is 4.79 Å². The second-order valence-corrected chi connectivity index (χ2v) is 3.32. The first-order valence-corrected chi connectivity index (χ1v) is 4.48. The van der Waals surface area contributed by atoms with Crippen molar-refractivity contribution in [1.82, 2.24) is 0 Å². The summed E-state index contributed by atoms with van der Waals surface area (Å²) in [7, 11) is 0. The highest BCUT2D eigenvalue weighted by Crippen LogP contribution is 2.30. The van der Waals surface area contributed by atoms with Gasteiger partial charge in [0.15, 0.2) is 23.3 Å². The topological polar surface area (TPSA) is 17.1 Å². The summed E-state index contributed by atoms with van der Waals surface area (Å²) in [5.74, 6) is -10.7. The van der Waals surface area contributed by atoms with Gasteiger partial charge in [-0.1, -0.05) is 0 Å². The highest BCUT2D eigenvalue weighted by Gasteiger charge is 2.25. The van der Waals surface area contributed by atoms with Gasteiger partial charge < -0.3 is 0 Å². The van der Waals surface area contributed by atoms with Crippen LogP contribution in [0.2, 0.25) is 0 Å². The average molecular weight is 241 g/mol. The quantitative estimate of drug-likeness (QED) is 0.350. The van der Waals surface area contributed by atoms with E-state index in [0.29, 0.717) is 0 Å². The molecule has 0 saturated heterocycles. The first kappa shape index (κ1) is 12.0. The van der Waals surface area contributed by atoms with Crippen LogP contribution in [-0.4, -0.2) is 12.0 Å². The lowest BCUT2D eigenvalue weighted by Crippen LogP contribution is -2.03. The Bertz CT molecular complexity index is 378.